The molecule has 0 aliphatic carbocycles. The summed E-state index contributed by atoms with van der Waals surface area (Å²) in [6.45, 7) is 9.86. The summed E-state index contributed by atoms with van der Waals surface area (Å²) in [6, 6.07) is 7.85. The van der Waals surface area contributed by atoms with E-state index in [1.807, 2.05) is 21.9 Å². The van der Waals surface area contributed by atoms with Crippen LogP contribution in [0, 0.1) is 12.8 Å². The van der Waals surface area contributed by atoms with Crippen molar-refractivity contribution >= 4 is 23.6 Å². The fraction of sp³-hybridized carbons (Fsp3) is 0.619. The predicted molar refractivity (Wildman–Crippen MR) is 110 cm³/mol. The number of thioether (sulfide) groups is 1. The summed E-state index contributed by atoms with van der Waals surface area (Å²) < 4.78 is 0. The topological polar surface area (TPSA) is 45.1 Å². The van der Waals surface area contributed by atoms with Crippen molar-refractivity contribution in [1.29, 1.82) is 0 Å². The van der Waals surface area contributed by atoms with E-state index in [0.29, 0.717) is 18.1 Å². The number of carbonyl (C=O) groups excluding carboxylic acids is 2. The number of likely N-dealkylation sites (N-methyl/N-ethyl adjacent to an activating group) is 1. The summed E-state index contributed by atoms with van der Waals surface area (Å²) in [4.78, 5) is 31.6. The van der Waals surface area contributed by atoms with Crippen LogP contribution in [0.3, 0.4) is 0 Å². The Kier molecular flexibility index (Phi) is 6.48. The van der Waals surface area contributed by atoms with Gasteiger partial charge in [-0.05, 0) is 30.4 Å². The van der Waals surface area contributed by atoms with Crippen molar-refractivity contribution in [2.24, 2.45) is 5.92 Å². The number of hydrogen-bond donors (Lipinski definition) is 1. The lowest BCUT2D eigenvalue weighted by Gasteiger charge is -2.38. The van der Waals surface area contributed by atoms with E-state index in [9.17, 15) is 9.59 Å². The van der Waals surface area contributed by atoms with E-state index < -0.39 is 0 Å². The molecule has 1 aromatic carbocycles. The Morgan fingerprint density at radius 2 is 1.93 bits per heavy atom. The second-order valence-corrected chi connectivity index (χ2v) is 9.32. The number of piperazine rings is 1. The van der Waals surface area contributed by atoms with Crippen molar-refractivity contribution in [3.8, 4) is 0 Å². The van der Waals surface area contributed by atoms with Gasteiger partial charge in [-0.25, -0.2) is 0 Å². The summed E-state index contributed by atoms with van der Waals surface area (Å²) >= 11 is 1.65. The Bertz CT molecular complexity index is 686. The van der Waals surface area contributed by atoms with Crippen LogP contribution in [0.4, 0.5) is 0 Å². The number of aryl methyl sites for hydroxylation is 1. The summed E-state index contributed by atoms with van der Waals surface area (Å²) in [5, 5.41) is -0.0653. The highest BCUT2D eigenvalue weighted by Gasteiger charge is 2.43. The molecule has 27 heavy (non-hydrogen) atoms. The molecule has 1 aromatic rings. The minimum absolute atomic E-state index is 0.0653. The number of nitrogens with one attached hydrogen (secondary N) is 1. The van der Waals surface area contributed by atoms with Crippen LogP contribution >= 0.6 is 11.8 Å². The third-order valence-electron chi connectivity index (χ3n) is 5.60. The first-order valence-electron chi connectivity index (χ1n) is 9.97. The van der Waals surface area contributed by atoms with Crippen LogP contribution in [0.5, 0.6) is 0 Å². The number of carbonyl (C=O) groups is 2. The molecule has 2 saturated heterocycles. The first-order chi connectivity index (χ1) is 12.9. The second-order valence-electron chi connectivity index (χ2n) is 8.25. The summed E-state index contributed by atoms with van der Waals surface area (Å²) in [5.41, 5.74) is 2.33. The van der Waals surface area contributed by atoms with Crippen LogP contribution in [-0.4, -0.2) is 66.6 Å². The fourth-order valence-corrected chi connectivity index (χ4v) is 5.29. The quantitative estimate of drug-likeness (QED) is 0.825. The summed E-state index contributed by atoms with van der Waals surface area (Å²) in [6.07, 6.45) is 0.715. The summed E-state index contributed by atoms with van der Waals surface area (Å²) in [7, 11) is 2.17. The number of nitrogens with zero attached hydrogens (tertiary/aromatic N) is 2. The highest BCUT2D eigenvalue weighted by molar-refractivity contribution is 8.00. The van der Waals surface area contributed by atoms with E-state index in [4.69, 9.17) is 0 Å². The molecule has 2 aliphatic rings. The van der Waals surface area contributed by atoms with Crippen LogP contribution in [0.15, 0.2) is 24.3 Å². The van der Waals surface area contributed by atoms with Crippen molar-refractivity contribution in [1.82, 2.24) is 9.80 Å². The number of rotatable bonds is 5. The first-order valence-corrected chi connectivity index (χ1v) is 11.0. The van der Waals surface area contributed by atoms with E-state index >= 15 is 0 Å². The number of quaternary nitrogens is 1. The van der Waals surface area contributed by atoms with Crippen LogP contribution in [0.25, 0.3) is 0 Å². The Morgan fingerprint density at radius 3 is 2.56 bits per heavy atom. The van der Waals surface area contributed by atoms with Gasteiger partial charge in [-0.3, -0.25) is 9.59 Å². The van der Waals surface area contributed by atoms with E-state index in [1.54, 1.807) is 11.8 Å². The number of amides is 2. The van der Waals surface area contributed by atoms with Crippen molar-refractivity contribution < 1.29 is 14.5 Å². The van der Waals surface area contributed by atoms with Gasteiger partial charge in [0.15, 0.2) is 0 Å². The van der Waals surface area contributed by atoms with Gasteiger partial charge in [0.25, 0.3) is 0 Å². The average molecular weight is 391 g/mol. The minimum Gasteiger partial charge on any atom is -0.334 e. The van der Waals surface area contributed by atoms with E-state index in [2.05, 4.69) is 40.0 Å². The van der Waals surface area contributed by atoms with Gasteiger partial charge < -0.3 is 14.7 Å². The van der Waals surface area contributed by atoms with Gasteiger partial charge in [0, 0.05) is 0 Å². The van der Waals surface area contributed by atoms with Gasteiger partial charge in [-0.15, -0.1) is 11.8 Å². The highest BCUT2D eigenvalue weighted by Crippen LogP contribution is 2.42. The first kappa shape index (κ1) is 20.2. The molecule has 2 aliphatic heterocycles. The van der Waals surface area contributed by atoms with E-state index in [0.717, 1.165) is 31.7 Å². The van der Waals surface area contributed by atoms with E-state index in [1.165, 1.54) is 10.5 Å². The molecular formula is C21H32N3O2S+. The van der Waals surface area contributed by atoms with Crippen molar-refractivity contribution in [3.63, 3.8) is 0 Å². The molecule has 3 rings (SSSR count). The molecule has 0 saturated carbocycles. The maximum Gasteiger partial charge on any atom is 0.245 e. The second kappa shape index (κ2) is 8.65. The SMILES string of the molecule is Cc1ccccc1[C@H]1SCC(=O)N1[C@H](CC(C)C)C(=O)N1CC[NH+](C)CC1. The molecule has 0 spiro atoms. The molecule has 0 bridgehead atoms. The third kappa shape index (κ3) is 4.49. The van der Waals surface area contributed by atoms with Crippen LogP contribution in [0.2, 0.25) is 0 Å². The highest BCUT2D eigenvalue weighted by atomic mass is 32.2. The molecule has 148 valence electrons. The largest absolute Gasteiger partial charge is 0.334 e. The smallest absolute Gasteiger partial charge is 0.245 e. The van der Waals surface area contributed by atoms with Crippen LogP contribution in [-0.2, 0) is 9.59 Å². The predicted octanol–water partition coefficient (Wildman–Crippen LogP) is 1.34. The molecule has 2 fully saturated rings. The van der Waals surface area contributed by atoms with Gasteiger partial charge in [0.1, 0.15) is 11.4 Å². The zero-order valence-corrected chi connectivity index (χ0v) is 17.7. The molecule has 5 nitrogen and oxygen atoms in total. The van der Waals surface area contributed by atoms with Crippen molar-refractivity contribution in [2.45, 2.75) is 38.6 Å². The Balaban J connectivity index is 1.89. The summed E-state index contributed by atoms with van der Waals surface area (Å²) in [5.74, 6) is 1.03. The maximum atomic E-state index is 13.4. The number of hydrogen-bond acceptors (Lipinski definition) is 3. The van der Waals surface area contributed by atoms with Gasteiger partial charge in [0.05, 0.1) is 39.0 Å². The third-order valence-corrected chi connectivity index (χ3v) is 6.81. The average Bonchev–Trinajstić information content (AvgIpc) is 3.01. The monoisotopic (exact) mass is 390 g/mol. The fourth-order valence-electron chi connectivity index (χ4n) is 3.98. The molecule has 1 N–H and O–H groups in total. The molecule has 0 radical (unpaired) electrons. The molecule has 6 heteroatoms. The Labute approximate surface area is 167 Å². The molecule has 2 atom stereocenters. The Morgan fingerprint density at radius 1 is 1.26 bits per heavy atom. The molecular weight excluding hydrogens is 358 g/mol. The zero-order chi connectivity index (χ0) is 19.6. The van der Waals surface area contributed by atoms with E-state index in [-0.39, 0.29) is 23.2 Å². The molecule has 0 unspecified atom stereocenters. The number of benzene rings is 1. The minimum atomic E-state index is -0.365. The lowest BCUT2D eigenvalue weighted by atomic mass is 9.99. The molecule has 2 amide bonds. The van der Waals surface area contributed by atoms with Crippen molar-refractivity contribution in [3.05, 3.63) is 35.4 Å². The standard InChI is InChI=1S/C21H31N3O2S/c1-15(2)13-18(20(26)23-11-9-22(4)10-12-23)24-19(25)14-27-21(24)17-8-6-5-7-16(17)3/h5-8,15,18,21H,9-14H2,1-4H3/p+1/t18-,21-/m1/s1. The van der Waals surface area contributed by atoms with Crippen molar-refractivity contribution in [2.75, 3.05) is 39.0 Å². The molecule has 0 aromatic heterocycles. The van der Waals surface area contributed by atoms with Gasteiger partial charge >= 0.3 is 0 Å². The Hall–Kier alpha value is -1.53. The zero-order valence-electron chi connectivity index (χ0n) is 16.9. The molecule has 2 heterocycles. The normalized spacial score (nSPS) is 22.6. The lowest BCUT2D eigenvalue weighted by Crippen LogP contribution is -3.12. The van der Waals surface area contributed by atoms with Crippen LogP contribution in [0.1, 0.15) is 36.8 Å². The van der Waals surface area contributed by atoms with Gasteiger partial charge in [-0.1, -0.05) is 38.1 Å². The maximum absolute atomic E-state index is 13.4. The van der Waals surface area contributed by atoms with Gasteiger partial charge in [-0.2, -0.15) is 0 Å². The van der Waals surface area contributed by atoms with Crippen LogP contribution < -0.4 is 4.90 Å². The van der Waals surface area contributed by atoms with Gasteiger partial charge in [0.2, 0.25) is 11.8 Å². The lowest BCUT2D eigenvalue weighted by molar-refractivity contribution is -0.883.